The highest BCUT2D eigenvalue weighted by Gasteiger charge is 2.11. The van der Waals surface area contributed by atoms with E-state index in [0.717, 1.165) is 31.2 Å². The molecule has 0 atom stereocenters. The summed E-state index contributed by atoms with van der Waals surface area (Å²) in [6.45, 7) is 1.78. The smallest absolute Gasteiger partial charge is 0.267 e. The maximum atomic E-state index is 12.2. The number of amides is 1. The monoisotopic (exact) mass is 377 g/mol. The van der Waals surface area contributed by atoms with Gasteiger partial charge in [-0.05, 0) is 48.9 Å². The molecule has 0 radical (unpaired) electrons. The van der Waals surface area contributed by atoms with E-state index in [4.69, 9.17) is 0 Å². The van der Waals surface area contributed by atoms with E-state index in [-0.39, 0.29) is 18.0 Å². The van der Waals surface area contributed by atoms with Crippen LogP contribution in [0, 0.1) is 6.92 Å². The van der Waals surface area contributed by atoms with E-state index in [1.54, 1.807) is 6.20 Å². The standard InChI is InChI=1S/C19H15N5O2S/c1-12-10-13(18-23-15-4-2-8-20-19(15)27-18)6-7-14(12)22-16(25)11-24-17(26)5-3-9-21-24/h2-10H,11H2,1H3,(H,22,25). The molecule has 0 unspecified atom stereocenters. The Bertz CT molecular complexity index is 1160. The fourth-order valence-corrected chi connectivity index (χ4v) is 3.57. The minimum Gasteiger partial charge on any atom is -0.324 e. The molecule has 0 saturated heterocycles. The topological polar surface area (TPSA) is 89.8 Å². The number of carbonyl (C=O) groups is 1. The number of anilines is 1. The third-order valence-corrected chi connectivity index (χ3v) is 5.02. The second-order valence-electron chi connectivity index (χ2n) is 5.94. The summed E-state index contributed by atoms with van der Waals surface area (Å²) in [6.07, 6.45) is 3.22. The fraction of sp³-hybridized carbons (Fsp3) is 0.105. The molecule has 0 spiro atoms. The Morgan fingerprint density at radius 3 is 2.81 bits per heavy atom. The molecule has 134 valence electrons. The Labute approximate surface area is 158 Å². The van der Waals surface area contributed by atoms with Crippen molar-refractivity contribution in [2.45, 2.75) is 13.5 Å². The molecule has 0 aliphatic carbocycles. The first-order valence-corrected chi connectivity index (χ1v) is 9.06. The Morgan fingerprint density at radius 2 is 2.04 bits per heavy atom. The Balaban J connectivity index is 1.54. The van der Waals surface area contributed by atoms with Gasteiger partial charge in [-0.1, -0.05) is 11.3 Å². The zero-order valence-corrected chi connectivity index (χ0v) is 15.2. The molecule has 1 aromatic carbocycles. The number of pyridine rings is 1. The van der Waals surface area contributed by atoms with Crippen LogP contribution in [0.3, 0.4) is 0 Å². The maximum Gasteiger partial charge on any atom is 0.267 e. The SMILES string of the molecule is Cc1cc(-c2nc3cccnc3s2)ccc1NC(=O)Cn1ncccc1=O. The fourth-order valence-electron chi connectivity index (χ4n) is 2.66. The van der Waals surface area contributed by atoms with Crippen molar-refractivity contribution in [2.75, 3.05) is 5.32 Å². The van der Waals surface area contributed by atoms with Crippen LogP contribution in [0.15, 0.2) is 59.7 Å². The summed E-state index contributed by atoms with van der Waals surface area (Å²) < 4.78 is 1.12. The number of carbonyl (C=O) groups excluding carboxylic acids is 1. The summed E-state index contributed by atoms with van der Waals surface area (Å²) in [5.41, 5.74) is 3.11. The van der Waals surface area contributed by atoms with Crippen LogP contribution in [-0.2, 0) is 11.3 Å². The van der Waals surface area contributed by atoms with Crippen molar-refractivity contribution < 1.29 is 4.79 Å². The highest BCUT2D eigenvalue weighted by Crippen LogP contribution is 2.30. The first kappa shape index (κ1) is 17.0. The molecule has 3 heterocycles. The van der Waals surface area contributed by atoms with Gasteiger partial charge in [-0.2, -0.15) is 5.10 Å². The van der Waals surface area contributed by atoms with Crippen LogP contribution in [-0.4, -0.2) is 25.7 Å². The highest BCUT2D eigenvalue weighted by molar-refractivity contribution is 7.21. The molecule has 0 fully saturated rings. The number of rotatable bonds is 4. The van der Waals surface area contributed by atoms with Crippen LogP contribution >= 0.6 is 11.3 Å². The van der Waals surface area contributed by atoms with Gasteiger partial charge >= 0.3 is 0 Å². The summed E-state index contributed by atoms with van der Waals surface area (Å²) in [5, 5.41) is 7.59. The largest absolute Gasteiger partial charge is 0.324 e. The summed E-state index contributed by atoms with van der Waals surface area (Å²) in [6, 6.07) is 12.4. The van der Waals surface area contributed by atoms with Gasteiger partial charge in [0.05, 0.1) is 0 Å². The lowest BCUT2D eigenvalue weighted by molar-refractivity contribution is -0.117. The predicted octanol–water partition coefficient (Wildman–Crippen LogP) is 2.86. The van der Waals surface area contributed by atoms with Crippen LogP contribution in [0.1, 0.15) is 5.56 Å². The molecule has 0 aliphatic rings. The van der Waals surface area contributed by atoms with Crippen LogP contribution in [0.2, 0.25) is 0 Å². The van der Waals surface area contributed by atoms with Gasteiger partial charge < -0.3 is 5.32 Å². The lowest BCUT2D eigenvalue weighted by Crippen LogP contribution is -2.28. The van der Waals surface area contributed by atoms with Gasteiger partial charge in [-0.3, -0.25) is 9.59 Å². The van der Waals surface area contributed by atoms with E-state index in [1.807, 2.05) is 37.3 Å². The maximum absolute atomic E-state index is 12.2. The third-order valence-electron chi connectivity index (χ3n) is 3.99. The van der Waals surface area contributed by atoms with Crippen LogP contribution < -0.4 is 10.9 Å². The minimum atomic E-state index is -0.316. The van der Waals surface area contributed by atoms with Crippen molar-refractivity contribution in [2.24, 2.45) is 0 Å². The van der Waals surface area contributed by atoms with E-state index in [0.29, 0.717) is 5.69 Å². The lowest BCUT2D eigenvalue weighted by Gasteiger charge is -2.10. The molecular formula is C19H15N5O2S. The van der Waals surface area contributed by atoms with Crippen molar-refractivity contribution in [3.05, 3.63) is 70.8 Å². The van der Waals surface area contributed by atoms with E-state index in [1.165, 1.54) is 29.7 Å². The van der Waals surface area contributed by atoms with E-state index in [2.05, 4.69) is 20.4 Å². The summed E-state index contributed by atoms with van der Waals surface area (Å²) in [4.78, 5) is 33.7. The van der Waals surface area contributed by atoms with Gasteiger partial charge in [0.1, 0.15) is 21.9 Å². The molecule has 4 rings (SSSR count). The number of hydrogen-bond acceptors (Lipinski definition) is 6. The molecule has 8 heteroatoms. The number of fused-ring (bicyclic) bond motifs is 1. The molecule has 1 amide bonds. The average molecular weight is 377 g/mol. The second kappa shape index (κ2) is 7.08. The molecule has 7 nitrogen and oxygen atoms in total. The highest BCUT2D eigenvalue weighted by atomic mass is 32.1. The zero-order valence-electron chi connectivity index (χ0n) is 14.4. The summed E-state index contributed by atoms with van der Waals surface area (Å²) in [5.74, 6) is -0.309. The van der Waals surface area contributed by atoms with Crippen molar-refractivity contribution in [1.29, 1.82) is 0 Å². The second-order valence-corrected chi connectivity index (χ2v) is 6.92. The third kappa shape index (κ3) is 3.61. The van der Waals surface area contributed by atoms with Crippen molar-refractivity contribution in [3.63, 3.8) is 0 Å². The van der Waals surface area contributed by atoms with Gasteiger partial charge in [0.2, 0.25) is 5.91 Å². The first-order chi connectivity index (χ1) is 13.1. The number of thiazole rings is 1. The first-order valence-electron chi connectivity index (χ1n) is 8.25. The quantitative estimate of drug-likeness (QED) is 0.591. The number of benzene rings is 1. The van der Waals surface area contributed by atoms with Gasteiger partial charge in [-0.25, -0.2) is 14.6 Å². The molecule has 0 aliphatic heterocycles. The molecule has 27 heavy (non-hydrogen) atoms. The Morgan fingerprint density at radius 1 is 1.19 bits per heavy atom. The van der Waals surface area contributed by atoms with E-state index >= 15 is 0 Å². The Kier molecular flexibility index (Phi) is 4.47. The number of aromatic nitrogens is 4. The van der Waals surface area contributed by atoms with Gasteiger partial charge in [-0.15, -0.1) is 0 Å². The normalized spacial score (nSPS) is 10.9. The zero-order chi connectivity index (χ0) is 18.8. The van der Waals surface area contributed by atoms with Crippen molar-refractivity contribution in [1.82, 2.24) is 19.7 Å². The number of hydrogen-bond donors (Lipinski definition) is 1. The molecule has 1 N–H and O–H groups in total. The average Bonchev–Trinajstić information content (AvgIpc) is 3.09. The summed E-state index contributed by atoms with van der Waals surface area (Å²) in [7, 11) is 0. The van der Waals surface area contributed by atoms with Crippen molar-refractivity contribution in [3.8, 4) is 10.6 Å². The van der Waals surface area contributed by atoms with Gasteiger partial charge in [0.15, 0.2) is 0 Å². The van der Waals surface area contributed by atoms with E-state index in [9.17, 15) is 9.59 Å². The number of nitrogens with zero attached hydrogens (tertiary/aromatic N) is 4. The summed E-state index contributed by atoms with van der Waals surface area (Å²) >= 11 is 1.53. The number of nitrogens with one attached hydrogen (secondary N) is 1. The van der Waals surface area contributed by atoms with Gasteiger partial charge in [0, 0.05) is 29.7 Å². The van der Waals surface area contributed by atoms with Crippen LogP contribution in [0.4, 0.5) is 5.69 Å². The van der Waals surface area contributed by atoms with E-state index < -0.39 is 0 Å². The molecule has 0 saturated carbocycles. The van der Waals surface area contributed by atoms with Crippen LogP contribution in [0.25, 0.3) is 20.9 Å². The van der Waals surface area contributed by atoms with Gasteiger partial charge in [0.25, 0.3) is 5.56 Å². The molecule has 3 aromatic heterocycles. The molecule has 0 bridgehead atoms. The molecular weight excluding hydrogens is 362 g/mol. The van der Waals surface area contributed by atoms with Crippen molar-refractivity contribution >= 4 is 33.3 Å². The predicted molar refractivity (Wildman–Crippen MR) is 105 cm³/mol. The number of aryl methyl sites for hydroxylation is 1. The minimum absolute atomic E-state index is 0.135. The van der Waals surface area contributed by atoms with Crippen LogP contribution in [0.5, 0.6) is 0 Å². The Hall–Kier alpha value is -3.39. The lowest BCUT2D eigenvalue weighted by atomic mass is 10.1. The molecule has 4 aromatic rings.